The molecule has 3 amide bonds. The number of nitrogens with one attached hydrogen (secondary N) is 2. The maximum atomic E-state index is 12.2. The molecule has 9 heteroatoms. The van der Waals surface area contributed by atoms with Gasteiger partial charge in [-0.15, -0.1) is 0 Å². The highest BCUT2D eigenvalue weighted by atomic mass is 35.5. The minimum Gasteiger partial charge on any atom is -0.352 e. The monoisotopic (exact) mass is 441 g/mol. The van der Waals surface area contributed by atoms with Gasteiger partial charge < -0.3 is 15.5 Å². The fraction of sp³-hybridized carbons (Fsp3) is 0.211. The predicted octanol–water partition coefficient (Wildman–Crippen LogP) is 3.86. The van der Waals surface area contributed by atoms with Gasteiger partial charge in [0.25, 0.3) is 5.91 Å². The molecule has 0 aliphatic rings. The van der Waals surface area contributed by atoms with Crippen molar-refractivity contribution in [3.63, 3.8) is 0 Å². The van der Waals surface area contributed by atoms with Gasteiger partial charge in [0, 0.05) is 30.6 Å². The molecule has 0 aliphatic heterocycles. The molecule has 6 nitrogen and oxygen atoms in total. The van der Waals surface area contributed by atoms with Crippen molar-refractivity contribution in [3.8, 4) is 0 Å². The number of anilines is 1. The van der Waals surface area contributed by atoms with E-state index in [1.807, 2.05) is 0 Å². The summed E-state index contributed by atoms with van der Waals surface area (Å²) < 4.78 is 0. The summed E-state index contributed by atoms with van der Waals surface area (Å²) in [4.78, 5) is 37.5. The van der Waals surface area contributed by atoms with Crippen molar-refractivity contribution in [2.75, 3.05) is 25.5 Å². The van der Waals surface area contributed by atoms with Gasteiger partial charge in [-0.05, 0) is 36.4 Å². The summed E-state index contributed by atoms with van der Waals surface area (Å²) in [6.45, 7) is -0.0336. The fourth-order valence-electron chi connectivity index (χ4n) is 2.28. The SMILES string of the molecule is CN(CC(=O)Nc1c(Cl)cccc1Cl)C(=O)CCNC(=O)c1ccc(Cl)cc1. The summed E-state index contributed by atoms with van der Waals surface area (Å²) in [6.07, 6.45) is 0.0515. The number of amides is 3. The van der Waals surface area contributed by atoms with E-state index in [1.165, 1.54) is 11.9 Å². The molecule has 0 unspecified atom stereocenters. The lowest BCUT2D eigenvalue weighted by atomic mass is 10.2. The largest absolute Gasteiger partial charge is 0.352 e. The lowest BCUT2D eigenvalue weighted by molar-refractivity contribution is -0.133. The molecule has 2 N–H and O–H groups in total. The average Bonchev–Trinajstić information content (AvgIpc) is 2.65. The zero-order valence-corrected chi connectivity index (χ0v) is 17.2. The van der Waals surface area contributed by atoms with Gasteiger partial charge in [0.15, 0.2) is 0 Å². The Morgan fingerprint density at radius 2 is 1.57 bits per heavy atom. The number of para-hydroxylation sites is 1. The smallest absolute Gasteiger partial charge is 0.251 e. The highest BCUT2D eigenvalue weighted by molar-refractivity contribution is 6.39. The first-order valence-corrected chi connectivity index (χ1v) is 9.43. The fourth-order valence-corrected chi connectivity index (χ4v) is 2.89. The second-order valence-corrected chi connectivity index (χ2v) is 7.16. The third-order valence-electron chi connectivity index (χ3n) is 3.76. The van der Waals surface area contributed by atoms with Gasteiger partial charge in [-0.25, -0.2) is 0 Å². The molecular formula is C19H18Cl3N3O3. The van der Waals surface area contributed by atoms with Crippen LogP contribution in [0.2, 0.25) is 15.1 Å². The zero-order valence-electron chi connectivity index (χ0n) is 15.0. The van der Waals surface area contributed by atoms with Crippen LogP contribution in [0.1, 0.15) is 16.8 Å². The number of halogens is 3. The van der Waals surface area contributed by atoms with Crippen molar-refractivity contribution < 1.29 is 14.4 Å². The van der Waals surface area contributed by atoms with Gasteiger partial charge in [0.2, 0.25) is 11.8 Å². The summed E-state index contributed by atoms with van der Waals surface area (Å²) >= 11 is 17.8. The molecular weight excluding hydrogens is 425 g/mol. The van der Waals surface area contributed by atoms with E-state index in [0.29, 0.717) is 26.3 Å². The van der Waals surface area contributed by atoms with Crippen LogP contribution in [0.5, 0.6) is 0 Å². The molecule has 0 saturated carbocycles. The Hall–Kier alpha value is -2.28. The van der Waals surface area contributed by atoms with Crippen LogP contribution in [0.25, 0.3) is 0 Å². The van der Waals surface area contributed by atoms with E-state index in [4.69, 9.17) is 34.8 Å². The van der Waals surface area contributed by atoms with Crippen LogP contribution >= 0.6 is 34.8 Å². The lowest BCUT2D eigenvalue weighted by Crippen LogP contribution is -2.37. The first-order valence-electron chi connectivity index (χ1n) is 8.29. The molecule has 0 fully saturated rings. The first-order chi connectivity index (χ1) is 13.3. The van der Waals surface area contributed by atoms with Crippen molar-refractivity contribution >= 4 is 58.2 Å². The third-order valence-corrected chi connectivity index (χ3v) is 4.65. The summed E-state index contributed by atoms with van der Waals surface area (Å²) in [5.41, 5.74) is 0.744. The second kappa shape index (κ2) is 10.3. The maximum absolute atomic E-state index is 12.2. The lowest BCUT2D eigenvalue weighted by Gasteiger charge is -2.17. The maximum Gasteiger partial charge on any atom is 0.251 e. The Morgan fingerprint density at radius 3 is 2.18 bits per heavy atom. The minimum absolute atomic E-state index is 0.0515. The van der Waals surface area contributed by atoms with E-state index in [1.54, 1.807) is 42.5 Å². The molecule has 0 radical (unpaired) electrons. The van der Waals surface area contributed by atoms with E-state index in [9.17, 15) is 14.4 Å². The van der Waals surface area contributed by atoms with Crippen LogP contribution in [-0.2, 0) is 9.59 Å². The van der Waals surface area contributed by atoms with Gasteiger partial charge in [0.05, 0.1) is 22.3 Å². The third kappa shape index (κ3) is 6.41. The quantitative estimate of drug-likeness (QED) is 0.683. The Morgan fingerprint density at radius 1 is 0.964 bits per heavy atom. The molecule has 0 bridgehead atoms. The van der Waals surface area contributed by atoms with Gasteiger partial charge in [0.1, 0.15) is 0 Å². The van der Waals surface area contributed by atoms with E-state index >= 15 is 0 Å². The molecule has 0 heterocycles. The number of carbonyl (C=O) groups excluding carboxylic acids is 3. The predicted molar refractivity (Wildman–Crippen MR) is 111 cm³/mol. The van der Waals surface area contributed by atoms with E-state index < -0.39 is 5.91 Å². The highest BCUT2D eigenvalue weighted by Gasteiger charge is 2.15. The number of hydrogen-bond acceptors (Lipinski definition) is 3. The summed E-state index contributed by atoms with van der Waals surface area (Å²) in [5, 5.41) is 6.38. The Bertz CT molecular complexity index is 852. The molecule has 0 atom stereocenters. The van der Waals surface area contributed by atoms with Crippen molar-refractivity contribution in [3.05, 3.63) is 63.1 Å². The summed E-state index contributed by atoms with van der Waals surface area (Å²) in [5.74, 6) is -1.04. The van der Waals surface area contributed by atoms with Crippen molar-refractivity contribution in [1.29, 1.82) is 0 Å². The Labute approximate surface area is 177 Å². The number of likely N-dealkylation sites (N-methyl/N-ethyl adjacent to an activating group) is 1. The Balaban J connectivity index is 1.78. The first kappa shape index (κ1) is 22.0. The van der Waals surface area contributed by atoms with Crippen LogP contribution < -0.4 is 10.6 Å². The van der Waals surface area contributed by atoms with Crippen LogP contribution in [0.15, 0.2) is 42.5 Å². The number of carbonyl (C=O) groups is 3. The molecule has 0 saturated heterocycles. The molecule has 0 aromatic heterocycles. The topological polar surface area (TPSA) is 78.5 Å². The number of hydrogen-bond donors (Lipinski definition) is 2. The van der Waals surface area contributed by atoms with E-state index in [-0.39, 0.29) is 31.3 Å². The van der Waals surface area contributed by atoms with Crippen LogP contribution in [-0.4, -0.2) is 42.8 Å². The molecule has 2 aromatic carbocycles. The normalized spacial score (nSPS) is 10.3. The molecule has 0 aliphatic carbocycles. The Kier molecular flexibility index (Phi) is 8.11. The molecule has 148 valence electrons. The minimum atomic E-state index is -0.434. The molecule has 0 spiro atoms. The average molecular weight is 443 g/mol. The molecule has 2 rings (SSSR count). The summed E-state index contributed by atoms with van der Waals surface area (Å²) in [6, 6.07) is 11.3. The van der Waals surface area contributed by atoms with Crippen molar-refractivity contribution in [1.82, 2.24) is 10.2 Å². The van der Waals surface area contributed by atoms with Crippen molar-refractivity contribution in [2.24, 2.45) is 0 Å². The van der Waals surface area contributed by atoms with Crippen LogP contribution in [0.3, 0.4) is 0 Å². The standard InChI is InChI=1S/C19H18Cl3N3O3/c1-25(11-16(26)24-18-14(21)3-2-4-15(18)22)17(27)9-10-23-19(28)12-5-7-13(20)8-6-12/h2-8H,9-11H2,1H3,(H,23,28)(H,24,26). The van der Waals surface area contributed by atoms with E-state index in [0.717, 1.165) is 0 Å². The van der Waals surface area contributed by atoms with Crippen LogP contribution in [0, 0.1) is 0 Å². The van der Waals surface area contributed by atoms with Gasteiger partial charge in [-0.3, -0.25) is 14.4 Å². The van der Waals surface area contributed by atoms with Gasteiger partial charge in [-0.2, -0.15) is 0 Å². The van der Waals surface area contributed by atoms with Crippen molar-refractivity contribution in [2.45, 2.75) is 6.42 Å². The number of rotatable bonds is 7. The van der Waals surface area contributed by atoms with Crippen LogP contribution in [0.4, 0.5) is 5.69 Å². The summed E-state index contributed by atoms with van der Waals surface area (Å²) in [7, 11) is 1.50. The zero-order chi connectivity index (χ0) is 20.7. The number of nitrogens with zero attached hydrogens (tertiary/aromatic N) is 1. The number of benzene rings is 2. The van der Waals surface area contributed by atoms with E-state index in [2.05, 4.69) is 10.6 Å². The van der Waals surface area contributed by atoms with Gasteiger partial charge in [-0.1, -0.05) is 40.9 Å². The second-order valence-electron chi connectivity index (χ2n) is 5.91. The van der Waals surface area contributed by atoms with Gasteiger partial charge >= 0.3 is 0 Å². The highest BCUT2D eigenvalue weighted by Crippen LogP contribution is 2.29. The molecule has 2 aromatic rings. The molecule has 28 heavy (non-hydrogen) atoms.